The number of hydrogen-bond acceptors (Lipinski definition) is 5. The molecule has 1 N–H and O–H groups in total. The zero-order valence-corrected chi connectivity index (χ0v) is 8.65. The fraction of sp³-hybridized carbons (Fsp3) is 0. The molecule has 0 fully saturated rings. The Morgan fingerprint density at radius 3 is 2.87 bits per heavy atom. The van der Waals surface area contributed by atoms with Crippen LogP contribution in [0.5, 0.6) is 0 Å². The van der Waals surface area contributed by atoms with Crippen LogP contribution in [0.25, 0.3) is 6.08 Å². The van der Waals surface area contributed by atoms with E-state index in [4.69, 9.17) is 0 Å². The largest absolute Gasteiger partial charge is 0.346 e. The molecule has 0 aliphatic carbocycles. The van der Waals surface area contributed by atoms with Gasteiger partial charge in [0.1, 0.15) is 6.26 Å². The van der Waals surface area contributed by atoms with Crippen LogP contribution in [0.3, 0.4) is 0 Å². The smallest absolute Gasteiger partial charge is 0.144 e. The number of hydrogen-bond donors (Lipinski definition) is 1. The van der Waals surface area contributed by atoms with Gasteiger partial charge in [-0.3, -0.25) is 0 Å². The molecule has 2 aromatic rings. The number of benzene rings is 1. The predicted octanol–water partition coefficient (Wildman–Crippen LogP) is 2.34. The van der Waals surface area contributed by atoms with Gasteiger partial charge < -0.3 is 9.25 Å². The third-order valence-electron chi connectivity index (χ3n) is 1.70. The van der Waals surface area contributed by atoms with E-state index >= 15 is 0 Å². The highest BCUT2D eigenvalue weighted by Crippen LogP contribution is 2.23. The fourth-order valence-electron chi connectivity index (χ4n) is 1.07. The summed E-state index contributed by atoms with van der Waals surface area (Å²) < 4.78 is 7.30. The standard InChI is InChI=1S/C8H7NS.C2H2N2O/c1-2-4-8-7(3-1)5-6-9-10-8;1-2-5-4-3-1/h1-6,9H;1-2H. The fourth-order valence-corrected chi connectivity index (χ4v) is 1.73. The summed E-state index contributed by atoms with van der Waals surface area (Å²) in [6.07, 6.45) is 6.90. The van der Waals surface area contributed by atoms with E-state index in [1.807, 2.05) is 12.3 Å². The maximum absolute atomic E-state index is 4.22. The molecule has 0 amide bonds. The second-order valence-electron chi connectivity index (χ2n) is 2.68. The molecule has 15 heavy (non-hydrogen) atoms. The lowest BCUT2D eigenvalue weighted by Gasteiger charge is -2.08. The molecule has 76 valence electrons. The number of rotatable bonds is 0. The van der Waals surface area contributed by atoms with Crippen molar-refractivity contribution in [2.75, 3.05) is 0 Å². The Bertz CT molecular complexity index is 411. The van der Waals surface area contributed by atoms with Gasteiger partial charge in [-0.15, -0.1) is 5.10 Å². The monoisotopic (exact) mass is 219 g/mol. The molecule has 0 saturated carbocycles. The van der Waals surface area contributed by atoms with Crippen molar-refractivity contribution >= 4 is 18.0 Å². The van der Waals surface area contributed by atoms with Crippen LogP contribution in [0.4, 0.5) is 0 Å². The molecule has 2 heterocycles. The average molecular weight is 219 g/mol. The van der Waals surface area contributed by atoms with Gasteiger partial charge in [-0.05, 0) is 29.7 Å². The maximum atomic E-state index is 4.22. The molecule has 4 nitrogen and oxygen atoms in total. The maximum Gasteiger partial charge on any atom is 0.144 e. The van der Waals surface area contributed by atoms with E-state index in [0.717, 1.165) is 0 Å². The first-order valence-electron chi connectivity index (χ1n) is 4.36. The first-order valence-corrected chi connectivity index (χ1v) is 5.17. The highest BCUT2D eigenvalue weighted by Gasteiger charge is 2.00. The molecule has 0 saturated heterocycles. The second-order valence-corrected chi connectivity index (χ2v) is 3.56. The van der Waals surface area contributed by atoms with Crippen LogP contribution >= 0.6 is 11.9 Å². The number of nitrogens with one attached hydrogen (secondary N) is 1. The Balaban J connectivity index is 0.000000144. The molecule has 1 aromatic carbocycles. The molecule has 0 atom stereocenters. The topological polar surface area (TPSA) is 51.0 Å². The van der Waals surface area contributed by atoms with Crippen molar-refractivity contribution < 1.29 is 4.52 Å². The van der Waals surface area contributed by atoms with E-state index in [1.165, 1.54) is 22.9 Å². The van der Waals surface area contributed by atoms with E-state index in [9.17, 15) is 0 Å². The normalized spacial score (nSPS) is 12.0. The minimum absolute atomic E-state index is 1.30. The molecule has 3 rings (SSSR count). The third kappa shape index (κ3) is 2.85. The summed E-state index contributed by atoms with van der Waals surface area (Å²) in [4.78, 5) is 1.30. The van der Waals surface area contributed by atoms with Gasteiger partial charge in [-0.2, -0.15) is 0 Å². The van der Waals surface area contributed by atoms with Gasteiger partial charge in [-0.1, -0.05) is 18.2 Å². The zero-order valence-electron chi connectivity index (χ0n) is 7.83. The SMILES string of the molecule is C1=Cc2ccccc2SN1.c1conn1. The molecule has 0 radical (unpaired) electrons. The van der Waals surface area contributed by atoms with E-state index in [1.54, 1.807) is 11.9 Å². The van der Waals surface area contributed by atoms with Crippen LogP contribution in [-0.2, 0) is 0 Å². The Kier molecular flexibility index (Phi) is 3.40. The van der Waals surface area contributed by atoms with Gasteiger partial charge in [0, 0.05) is 16.4 Å². The molecule has 1 aliphatic heterocycles. The van der Waals surface area contributed by atoms with E-state index in [-0.39, 0.29) is 0 Å². The Morgan fingerprint density at radius 1 is 1.27 bits per heavy atom. The molecule has 1 aromatic heterocycles. The summed E-state index contributed by atoms with van der Waals surface area (Å²) in [7, 11) is 0. The Hall–Kier alpha value is -1.75. The summed E-state index contributed by atoms with van der Waals surface area (Å²) in [5.74, 6) is 0. The average Bonchev–Trinajstić information content (AvgIpc) is 2.88. The number of fused-ring (bicyclic) bond motifs is 1. The molecular formula is C10H9N3OS. The lowest BCUT2D eigenvalue weighted by Crippen LogP contribution is -1.96. The third-order valence-corrected chi connectivity index (χ3v) is 2.55. The highest BCUT2D eigenvalue weighted by molar-refractivity contribution is 7.97. The molecule has 0 spiro atoms. The molecule has 1 aliphatic rings. The van der Waals surface area contributed by atoms with Crippen LogP contribution < -0.4 is 4.72 Å². The molecule has 5 heteroatoms. The molecule has 0 unspecified atom stereocenters. The van der Waals surface area contributed by atoms with Crippen molar-refractivity contribution in [1.82, 2.24) is 15.1 Å². The summed E-state index contributed by atoms with van der Waals surface area (Å²) in [6.45, 7) is 0. The highest BCUT2D eigenvalue weighted by atomic mass is 32.2. The second kappa shape index (κ2) is 5.21. The lowest BCUT2D eigenvalue weighted by molar-refractivity contribution is 0.393. The van der Waals surface area contributed by atoms with Crippen molar-refractivity contribution in [3.8, 4) is 0 Å². The first kappa shape index (κ1) is 9.79. The van der Waals surface area contributed by atoms with Gasteiger partial charge in [0.15, 0.2) is 0 Å². The summed E-state index contributed by atoms with van der Waals surface area (Å²) in [5, 5.41) is 6.40. The minimum Gasteiger partial charge on any atom is -0.346 e. The number of aromatic nitrogens is 2. The van der Waals surface area contributed by atoms with Gasteiger partial charge in [0.05, 0.1) is 6.20 Å². The Morgan fingerprint density at radius 2 is 2.20 bits per heavy atom. The van der Waals surface area contributed by atoms with E-state index in [0.29, 0.717) is 0 Å². The zero-order chi connectivity index (χ0) is 10.3. The first-order chi connectivity index (χ1) is 7.47. The number of nitrogens with zero attached hydrogens (tertiary/aromatic N) is 2. The van der Waals surface area contributed by atoms with Crippen molar-refractivity contribution in [3.05, 3.63) is 48.5 Å². The van der Waals surface area contributed by atoms with Crippen LogP contribution in [0, 0.1) is 0 Å². The summed E-state index contributed by atoms with van der Waals surface area (Å²) >= 11 is 1.65. The van der Waals surface area contributed by atoms with Crippen molar-refractivity contribution in [2.24, 2.45) is 0 Å². The van der Waals surface area contributed by atoms with Gasteiger partial charge >= 0.3 is 0 Å². The van der Waals surface area contributed by atoms with Crippen LogP contribution in [0.15, 0.2) is 52.3 Å². The van der Waals surface area contributed by atoms with E-state index in [2.05, 4.69) is 43.9 Å². The van der Waals surface area contributed by atoms with E-state index < -0.39 is 0 Å². The van der Waals surface area contributed by atoms with Gasteiger partial charge in [0.2, 0.25) is 0 Å². The summed E-state index contributed by atoms with van der Waals surface area (Å²) in [5.41, 5.74) is 1.30. The summed E-state index contributed by atoms with van der Waals surface area (Å²) in [6, 6.07) is 8.32. The van der Waals surface area contributed by atoms with Gasteiger partial charge in [-0.25, -0.2) is 0 Å². The quantitative estimate of drug-likeness (QED) is 0.689. The minimum atomic E-state index is 1.30. The van der Waals surface area contributed by atoms with Crippen molar-refractivity contribution in [1.29, 1.82) is 0 Å². The van der Waals surface area contributed by atoms with Crippen molar-refractivity contribution in [3.63, 3.8) is 0 Å². The lowest BCUT2D eigenvalue weighted by atomic mass is 10.2. The van der Waals surface area contributed by atoms with Crippen LogP contribution in [-0.4, -0.2) is 10.4 Å². The predicted molar refractivity (Wildman–Crippen MR) is 58.8 cm³/mol. The Labute approximate surface area is 91.5 Å². The van der Waals surface area contributed by atoms with Gasteiger partial charge in [0.25, 0.3) is 0 Å². The van der Waals surface area contributed by atoms with Crippen LogP contribution in [0.1, 0.15) is 5.56 Å². The van der Waals surface area contributed by atoms with Crippen LogP contribution in [0.2, 0.25) is 0 Å². The molecular weight excluding hydrogens is 210 g/mol. The molecule has 0 bridgehead atoms. The van der Waals surface area contributed by atoms with Crippen molar-refractivity contribution in [2.45, 2.75) is 4.90 Å².